The van der Waals surface area contributed by atoms with Crippen molar-refractivity contribution in [3.8, 4) is 11.3 Å². The Hall–Kier alpha value is -2.31. The van der Waals surface area contributed by atoms with E-state index in [9.17, 15) is 8.42 Å². The second-order valence-electron chi connectivity index (χ2n) is 5.95. The van der Waals surface area contributed by atoms with Crippen LogP contribution >= 0.6 is 11.6 Å². The molecule has 0 aliphatic heterocycles. The van der Waals surface area contributed by atoms with E-state index in [1.165, 1.54) is 12.1 Å². The van der Waals surface area contributed by atoms with E-state index in [1.807, 2.05) is 0 Å². The fourth-order valence-corrected chi connectivity index (χ4v) is 3.80. The molecule has 4 rings (SSSR count). The van der Waals surface area contributed by atoms with E-state index < -0.39 is 10.0 Å². The van der Waals surface area contributed by atoms with Gasteiger partial charge in [-0.05, 0) is 49.2 Å². The Labute approximate surface area is 150 Å². The molecule has 1 aliphatic rings. The number of hydrogen-bond acceptors (Lipinski definition) is 4. The Morgan fingerprint density at radius 1 is 1.08 bits per heavy atom. The molecule has 3 aromatic rings. The number of benzene rings is 2. The van der Waals surface area contributed by atoms with Crippen LogP contribution in [0, 0.1) is 0 Å². The van der Waals surface area contributed by atoms with Gasteiger partial charge < -0.3 is 4.42 Å². The molecular formula is C18H15ClN2O3S. The molecule has 1 N–H and O–H groups in total. The predicted molar refractivity (Wildman–Crippen MR) is 96.2 cm³/mol. The van der Waals surface area contributed by atoms with Crippen molar-refractivity contribution in [3.05, 3.63) is 65.6 Å². The van der Waals surface area contributed by atoms with E-state index in [1.54, 1.807) is 42.6 Å². The molecule has 7 heteroatoms. The first-order chi connectivity index (χ1) is 12.0. The smallest absolute Gasteiger partial charge is 0.261 e. The van der Waals surface area contributed by atoms with Gasteiger partial charge in [-0.25, -0.2) is 13.4 Å². The molecule has 1 heterocycles. The summed E-state index contributed by atoms with van der Waals surface area (Å²) in [5.41, 5.74) is 1.13. The van der Waals surface area contributed by atoms with Crippen molar-refractivity contribution >= 4 is 27.3 Å². The summed E-state index contributed by atoms with van der Waals surface area (Å²) in [6, 6.07) is 13.2. The molecule has 0 unspecified atom stereocenters. The van der Waals surface area contributed by atoms with Crippen LogP contribution in [-0.4, -0.2) is 13.4 Å². The van der Waals surface area contributed by atoms with Gasteiger partial charge in [0.2, 0.25) is 0 Å². The zero-order chi connectivity index (χ0) is 17.4. The van der Waals surface area contributed by atoms with E-state index in [4.69, 9.17) is 16.0 Å². The number of sulfonamides is 1. The lowest BCUT2D eigenvalue weighted by molar-refractivity contribution is 0.509. The minimum atomic E-state index is -3.71. The van der Waals surface area contributed by atoms with Crippen molar-refractivity contribution in [2.24, 2.45) is 0 Å². The Balaban J connectivity index is 1.57. The van der Waals surface area contributed by atoms with Crippen molar-refractivity contribution in [3.63, 3.8) is 0 Å². The van der Waals surface area contributed by atoms with Crippen molar-refractivity contribution in [1.82, 2.24) is 4.98 Å². The number of oxazole rings is 1. The number of rotatable bonds is 5. The highest BCUT2D eigenvalue weighted by molar-refractivity contribution is 7.92. The molecule has 0 atom stereocenters. The molecule has 1 aliphatic carbocycles. The van der Waals surface area contributed by atoms with Crippen LogP contribution in [0.25, 0.3) is 11.3 Å². The summed E-state index contributed by atoms with van der Waals surface area (Å²) in [7, 11) is -3.71. The first-order valence-corrected chi connectivity index (χ1v) is 9.72. The number of nitrogens with one attached hydrogen (secondary N) is 1. The molecule has 0 spiro atoms. The number of halogens is 1. The van der Waals surface area contributed by atoms with Crippen LogP contribution in [0.2, 0.25) is 5.02 Å². The molecule has 0 radical (unpaired) electrons. The summed E-state index contributed by atoms with van der Waals surface area (Å²) in [5.74, 6) is 1.84. The zero-order valence-electron chi connectivity index (χ0n) is 13.1. The van der Waals surface area contributed by atoms with E-state index in [0.29, 0.717) is 22.4 Å². The Bertz CT molecular complexity index is 1010. The maximum absolute atomic E-state index is 12.5. The maximum Gasteiger partial charge on any atom is 0.261 e. The Morgan fingerprint density at radius 3 is 2.48 bits per heavy atom. The molecule has 1 saturated carbocycles. The van der Waals surface area contributed by atoms with Gasteiger partial charge in [0, 0.05) is 11.5 Å². The second kappa shape index (κ2) is 6.20. The fraction of sp³-hybridized carbons (Fsp3) is 0.167. The molecule has 1 fully saturated rings. The molecule has 0 saturated heterocycles. The van der Waals surface area contributed by atoms with Gasteiger partial charge in [0.15, 0.2) is 11.7 Å². The van der Waals surface area contributed by atoms with Crippen LogP contribution in [-0.2, 0) is 10.0 Å². The summed E-state index contributed by atoms with van der Waals surface area (Å²) in [6.07, 6.45) is 3.91. The monoisotopic (exact) mass is 374 g/mol. The third kappa shape index (κ3) is 3.41. The second-order valence-corrected chi connectivity index (χ2v) is 8.04. The summed E-state index contributed by atoms with van der Waals surface area (Å²) in [5, 5.41) is 0.344. The van der Waals surface area contributed by atoms with E-state index >= 15 is 0 Å². The van der Waals surface area contributed by atoms with Crippen molar-refractivity contribution < 1.29 is 12.8 Å². The average Bonchev–Trinajstić information content (AvgIpc) is 3.34. The largest absolute Gasteiger partial charge is 0.440 e. The molecule has 25 heavy (non-hydrogen) atoms. The van der Waals surface area contributed by atoms with Crippen LogP contribution in [0.5, 0.6) is 0 Å². The highest BCUT2D eigenvalue weighted by atomic mass is 35.5. The van der Waals surface area contributed by atoms with Crippen molar-refractivity contribution in [1.29, 1.82) is 0 Å². The minimum absolute atomic E-state index is 0.151. The normalized spacial score (nSPS) is 14.4. The van der Waals surface area contributed by atoms with Crippen LogP contribution in [0.3, 0.4) is 0 Å². The summed E-state index contributed by atoms with van der Waals surface area (Å²) in [6.45, 7) is 0. The van der Waals surface area contributed by atoms with Gasteiger partial charge in [-0.15, -0.1) is 0 Å². The number of nitrogens with zero attached hydrogens (tertiary/aromatic N) is 1. The molecule has 2 aromatic carbocycles. The lowest BCUT2D eigenvalue weighted by Gasteiger charge is -2.09. The highest BCUT2D eigenvalue weighted by Gasteiger charge is 2.28. The lowest BCUT2D eigenvalue weighted by atomic mass is 10.2. The quantitative estimate of drug-likeness (QED) is 0.704. The van der Waals surface area contributed by atoms with Crippen molar-refractivity contribution in [2.75, 3.05) is 4.72 Å². The molecule has 128 valence electrons. The summed E-state index contributed by atoms with van der Waals surface area (Å²) < 4.78 is 33.2. The minimum Gasteiger partial charge on any atom is -0.440 e. The van der Waals surface area contributed by atoms with Crippen LogP contribution < -0.4 is 4.72 Å². The summed E-state index contributed by atoms with van der Waals surface area (Å²) in [4.78, 5) is 4.43. The van der Waals surface area contributed by atoms with Crippen LogP contribution in [0.4, 0.5) is 5.69 Å². The van der Waals surface area contributed by atoms with Gasteiger partial charge in [0.05, 0.1) is 21.8 Å². The van der Waals surface area contributed by atoms with Gasteiger partial charge in [0.1, 0.15) is 0 Å². The van der Waals surface area contributed by atoms with Crippen LogP contribution in [0.1, 0.15) is 24.7 Å². The molecule has 5 nitrogen and oxygen atoms in total. The highest BCUT2D eigenvalue weighted by Crippen LogP contribution is 2.40. The number of aromatic nitrogens is 1. The third-order valence-corrected chi connectivity index (χ3v) is 5.73. The Morgan fingerprint density at radius 2 is 1.80 bits per heavy atom. The first kappa shape index (κ1) is 16.2. The first-order valence-electron chi connectivity index (χ1n) is 7.86. The standard InChI is InChI=1S/C18H15ClN2O3S/c19-15-3-1-2-4-16(15)21-25(22,23)14-9-7-12(8-10-14)17-11-20-18(24-17)13-5-6-13/h1-4,7-11,13,21H,5-6H2. The third-order valence-electron chi connectivity index (χ3n) is 4.02. The fourth-order valence-electron chi connectivity index (χ4n) is 2.49. The average molecular weight is 375 g/mol. The van der Waals surface area contributed by atoms with Gasteiger partial charge in [-0.1, -0.05) is 23.7 Å². The van der Waals surface area contributed by atoms with E-state index in [-0.39, 0.29) is 4.90 Å². The van der Waals surface area contributed by atoms with E-state index in [2.05, 4.69) is 9.71 Å². The van der Waals surface area contributed by atoms with Gasteiger partial charge in [0.25, 0.3) is 10.0 Å². The molecular weight excluding hydrogens is 360 g/mol. The van der Waals surface area contributed by atoms with Crippen molar-refractivity contribution in [2.45, 2.75) is 23.7 Å². The Kier molecular flexibility index (Phi) is 4.01. The molecule has 0 amide bonds. The molecule has 1 aromatic heterocycles. The topological polar surface area (TPSA) is 72.2 Å². The predicted octanol–water partition coefficient (Wildman–Crippen LogP) is 4.67. The van der Waals surface area contributed by atoms with E-state index in [0.717, 1.165) is 24.3 Å². The number of para-hydroxylation sites is 1. The van der Waals surface area contributed by atoms with Crippen LogP contribution in [0.15, 0.2) is 64.0 Å². The zero-order valence-corrected chi connectivity index (χ0v) is 14.7. The number of anilines is 1. The van der Waals surface area contributed by atoms with Gasteiger partial charge in [-0.2, -0.15) is 0 Å². The summed E-state index contributed by atoms with van der Waals surface area (Å²) >= 11 is 6.01. The molecule has 0 bridgehead atoms. The van der Waals surface area contributed by atoms with Gasteiger partial charge >= 0.3 is 0 Å². The lowest BCUT2D eigenvalue weighted by Crippen LogP contribution is -2.13. The maximum atomic E-state index is 12.5. The number of hydrogen-bond donors (Lipinski definition) is 1. The SMILES string of the molecule is O=S(=O)(Nc1ccccc1Cl)c1ccc(-c2cnc(C3CC3)o2)cc1. The van der Waals surface area contributed by atoms with Gasteiger partial charge in [-0.3, -0.25) is 4.72 Å².